The molecule has 0 bridgehead atoms. The zero-order valence-corrected chi connectivity index (χ0v) is 12.9. The molecule has 0 fully saturated rings. The molecule has 4 nitrogen and oxygen atoms in total. The zero-order valence-electron chi connectivity index (χ0n) is 12.9. The first kappa shape index (κ1) is 15.3. The maximum Gasteiger partial charge on any atom is 0.132 e. The summed E-state index contributed by atoms with van der Waals surface area (Å²) in [4.78, 5) is 8.97. The second-order valence-corrected chi connectivity index (χ2v) is 4.95. The summed E-state index contributed by atoms with van der Waals surface area (Å²) in [5.74, 6) is 2.68. The molecule has 2 aromatic rings. The Balaban J connectivity index is 1.86. The van der Waals surface area contributed by atoms with Crippen LogP contribution in [0.3, 0.4) is 0 Å². The molecule has 2 N–H and O–H groups in total. The molecule has 1 heterocycles. The molecule has 0 aliphatic carbocycles. The van der Waals surface area contributed by atoms with Crippen molar-refractivity contribution in [2.45, 2.75) is 33.1 Å². The van der Waals surface area contributed by atoms with Crippen molar-refractivity contribution in [3.05, 3.63) is 47.8 Å². The van der Waals surface area contributed by atoms with E-state index >= 15 is 0 Å². The molecular formula is C17H24N4. The lowest BCUT2D eigenvalue weighted by Crippen LogP contribution is -2.09. The fourth-order valence-corrected chi connectivity index (χ4v) is 2.17. The van der Waals surface area contributed by atoms with Gasteiger partial charge in [-0.25, -0.2) is 9.97 Å². The van der Waals surface area contributed by atoms with E-state index in [0.717, 1.165) is 49.8 Å². The van der Waals surface area contributed by atoms with Gasteiger partial charge in [0.1, 0.15) is 17.5 Å². The smallest absolute Gasteiger partial charge is 0.132 e. The largest absolute Gasteiger partial charge is 0.370 e. The van der Waals surface area contributed by atoms with Gasteiger partial charge >= 0.3 is 0 Å². The standard InChI is InChI=1S/C17H24N4/c1-3-15-20-16(18-4-2)13-17(21-15)19-12-8-11-14-9-6-5-7-10-14/h5-7,9-10,13H,3-4,8,11-12H2,1-2H3,(H2,18,19,20,21). The highest BCUT2D eigenvalue weighted by Crippen LogP contribution is 2.12. The third-order valence-corrected chi connectivity index (χ3v) is 3.24. The lowest BCUT2D eigenvalue weighted by molar-refractivity contribution is 0.851. The molecule has 0 radical (unpaired) electrons. The van der Waals surface area contributed by atoms with Crippen LogP contribution in [0.4, 0.5) is 11.6 Å². The molecule has 0 spiro atoms. The van der Waals surface area contributed by atoms with E-state index in [4.69, 9.17) is 0 Å². The van der Waals surface area contributed by atoms with Gasteiger partial charge in [-0.2, -0.15) is 0 Å². The fourth-order valence-electron chi connectivity index (χ4n) is 2.17. The van der Waals surface area contributed by atoms with Gasteiger partial charge in [-0.3, -0.25) is 0 Å². The van der Waals surface area contributed by atoms with Gasteiger partial charge in [0.05, 0.1) is 0 Å². The van der Waals surface area contributed by atoms with E-state index in [9.17, 15) is 0 Å². The van der Waals surface area contributed by atoms with Crippen LogP contribution in [0.5, 0.6) is 0 Å². The van der Waals surface area contributed by atoms with Crippen molar-refractivity contribution in [2.24, 2.45) is 0 Å². The average molecular weight is 284 g/mol. The number of aromatic nitrogens is 2. The summed E-state index contributed by atoms with van der Waals surface area (Å²) < 4.78 is 0. The van der Waals surface area contributed by atoms with Crippen molar-refractivity contribution in [1.29, 1.82) is 0 Å². The van der Waals surface area contributed by atoms with Crippen molar-refractivity contribution in [3.8, 4) is 0 Å². The molecule has 0 amide bonds. The molecule has 4 heteroatoms. The highest BCUT2D eigenvalue weighted by atomic mass is 15.1. The highest BCUT2D eigenvalue weighted by Gasteiger charge is 2.02. The Morgan fingerprint density at radius 1 is 0.952 bits per heavy atom. The van der Waals surface area contributed by atoms with Gasteiger partial charge in [-0.05, 0) is 25.3 Å². The first-order chi connectivity index (χ1) is 10.3. The maximum absolute atomic E-state index is 4.52. The quantitative estimate of drug-likeness (QED) is 0.728. The van der Waals surface area contributed by atoms with Crippen molar-refractivity contribution < 1.29 is 0 Å². The summed E-state index contributed by atoms with van der Waals surface area (Å²) in [5.41, 5.74) is 1.38. The molecule has 0 aliphatic rings. The zero-order chi connectivity index (χ0) is 14.9. The molecule has 2 rings (SSSR count). The van der Waals surface area contributed by atoms with E-state index in [1.54, 1.807) is 0 Å². The molecule has 21 heavy (non-hydrogen) atoms. The Hall–Kier alpha value is -2.10. The predicted octanol–water partition coefficient (Wildman–Crippen LogP) is 3.52. The molecule has 0 unspecified atom stereocenters. The van der Waals surface area contributed by atoms with Crippen LogP contribution in [0.2, 0.25) is 0 Å². The van der Waals surface area contributed by atoms with E-state index in [2.05, 4.69) is 64.8 Å². The van der Waals surface area contributed by atoms with E-state index < -0.39 is 0 Å². The lowest BCUT2D eigenvalue weighted by atomic mass is 10.1. The summed E-state index contributed by atoms with van der Waals surface area (Å²) in [6.45, 7) is 5.93. The summed E-state index contributed by atoms with van der Waals surface area (Å²) in [6, 6.07) is 12.5. The minimum atomic E-state index is 0.845. The molecular weight excluding hydrogens is 260 g/mol. The molecule has 0 saturated carbocycles. The van der Waals surface area contributed by atoms with E-state index in [0.29, 0.717) is 0 Å². The van der Waals surface area contributed by atoms with E-state index in [1.807, 2.05) is 6.07 Å². The molecule has 0 saturated heterocycles. The van der Waals surface area contributed by atoms with Crippen molar-refractivity contribution in [1.82, 2.24) is 9.97 Å². The minimum Gasteiger partial charge on any atom is -0.370 e. The number of hydrogen-bond acceptors (Lipinski definition) is 4. The van der Waals surface area contributed by atoms with Gasteiger partial charge in [0.2, 0.25) is 0 Å². The molecule has 0 atom stereocenters. The van der Waals surface area contributed by atoms with Crippen LogP contribution in [0, 0.1) is 0 Å². The molecule has 0 aliphatic heterocycles. The van der Waals surface area contributed by atoms with E-state index in [-0.39, 0.29) is 0 Å². The Kier molecular flexibility index (Phi) is 6.00. The molecule has 1 aromatic heterocycles. The predicted molar refractivity (Wildman–Crippen MR) is 88.8 cm³/mol. The van der Waals surface area contributed by atoms with Gasteiger partial charge < -0.3 is 10.6 Å². The Morgan fingerprint density at radius 3 is 2.33 bits per heavy atom. The summed E-state index contributed by atoms with van der Waals surface area (Å²) in [6.07, 6.45) is 3.02. The van der Waals surface area contributed by atoms with Crippen LogP contribution < -0.4 is 10.6 Å². The maximum atomic E-state index is 4.52. The average Bonchev–Trinajstić information content (AvgIpc) is 2.53. The SMILES string of the molecule is CCNc1cc(NCCCc2ccccc2)nc(CC)n1. The number of nitrogens with one attached hydrogen (secondary N) is 2. The van der Waals surface area contributed by atoms with Gasteiger partial charge in [0, 0.05) is 25.6 Å². The first-order valence-corrected chi connectivity index (χ1v) is 7.71. The second kappa shape index (κ2) is 8.25. The van der Waals surface area contributed by atoms with Crippen LogP contribution >= 0.6 is 0 Å². The number of hydrogen-bond donors (Lipinski definition) is 2. The Morgan fingerprint density at radius 2 is 1.67 bits per heavy atom. The van der Waals surface area contributed by atoms with Gasteiger partial charge in [0.15, 0.2) is 0 Å². The van der Waals surface area contributed by atoms with Gasteiger partial charge in [0.25, 0.3) is 0 Å². The van der Waals surface area contributed by atoms with E-state index in [1.165, 1.54) is 5.56 Å². The number of anilines is 2. The topological polar surface area (TPSA) is 49.8 Å². The number of aryl methyl sites for hydroxylation is 2. The third-order valence-electron chi connectivity index (χ3n) is 3.24. The monoisotopic (exact) mass is 284 g/mol. The van der Waals surface area contributed by atoms with Gasteiger partial charge in [-0.15, -0.1) is 0 Å². The Labute approximate surface area is 127 Å². The number of benzene rings is 1. The number of nitrogens with zero attached hydrogens (tertiary/aromatic N) is 2. The van der Waals surface area contributed by atoms with Crippen molar-refractivity contribution in [3.63, 3.8) is 0 Å². The van der Waals surface area contributed by atoms with Crippen molar-refractivity contribution >= 4 is 11.6 Å². The Bertz CT molecular complexity index is 540. The minimum absolute atomic E-state index is 0.845. The van der Waals surface area contributed by atoms with Crippen LogP contribution in [-0.2, 0) is 12.8 Å². The lowest BCUT2D eigenvalue weighted by Gasteiger charge is -2.10. The number of rotatable bonds is 8. The third kappa shape index (κ3) is 5.06. The van der Waals surface area contributed by atoms with Crippen LogP contribution in [0.15, 0.2) is 36.4 Å². The summed E-state index contributed by atoms with van der Waals surface area (Å²) in [7, 11) is 0. The van der Waals surface area contributed by atoms with Crippen LogP contribution in [0.25, 0.3) is 0 Å². The van der Waals surface area contributed by atoms with Crippen molar-refractivity contribution in [2.75, 3.05) is 23.7 Å². The molecule has 1 aromatic carbocycles. The second-order valence-electron chi connectivity index (χ2n) is 4.95. The normalized spacial score (nSPS) is 10.4. The molecule has 112 valence electrons. The van der Waals surface area contributed by atoms with Crippen LogP contribution in [0.1, 0.15) is 31.7 Å². The summed E-state index contributed by atoms with van der Waals surface area (Å²) >= 11 is 0. The van der Waals surface area contributed by atoms with Crippen LogP contribution in [-0.4, -0.2) is 23.1 Å². The first-order valence-electron chi connectivity index (χ1n) is 7.71. The summed E-state index contributed by atoms with van der Waals surface area (Å²) in [5, 5.41) is 6.65. The van der Waals surface area contributed by atoms with Gasteiger partial charge in [-0.1, -0.05) is 37.3 Å². The highest BCUT2D eigenvalue weighted by molar-refractivity contribution is 5.47. The fraction of sp³-hybridized carbons (Fsp3) is 0.412.